The molecule has 0 radical (unpaired) electrons. The summed E-state index contributed by atoms with van der Waals surface area (Å²) >= 11 is 0. The Morgan fingerprint density at radius 3 is 2.63 bits per heavy atom. The van der Waals surface area contributed by atoms with Gasteiger partial charge in [-0.3, -0.25) is 4.79 Å². The molecular weight excluding hydrogens is 238 g/mol. The van der Waals surface area contributed by atoms with E-state index in [1.807, 2.05) is 0 Å². The molecule has 19 heavy (non-hydrogen) atoms. The monoisotopic (exact) mass is 265 g/mol. The lowest BCUT2D eigenvalue weighted by atomic mass is 9.79. The normalized spacial score (nSPS) is 45.5. The van der Waals surface area contributed by atoms with Crippen molar-refractivity contribution < 1.29 is 9.90 Å². The van der Waals surface area contributed by atoms with Crippen LogP contribution in [0.5, 0.6) is 0 Å². The van der Waals surface area contributed by atoms with Crippen LogP contribution in [0.3, 0.4) is 0 Å². The lowest BCUT2D eigenvalue weighted by Crippen LogP contribution is -2.51. The standard InChI is InChI=1S/C16H27NO2/c1-2-10-5-3-4-6-13(10)17-15-12-8-7-11(9-12)14(15)16(18)19/h10-15,17H,2-9H2,1H3,(H,18,19). The van der Waals surface area contributed by atoms with Crippen molar-refractivity contribution >= 4 is 5.97 Å². The van der Waals surface area contributed by atoms with E-state index >= 15 is 0 Å². The molecule has 3 nitrogen and oxygen atoms in total. The quantitative estimate of drug-likeness (QED) is 0.821. The highest BCUT2D eigenvalue weighted by Gasteiger charge is 2.51. The van der Waals surface area contributed by atoms with Gasteiger partial charge in [0.05, 0.1) is 5.92 Å². The van der Waals surface area contributed by atoms with Crippen molar-refractivity contribution in [1.29, 1.82) is 0 Å². The molecule has 0 aromatic heterocycles. The third kappa shape index (κ3) is 2.42. The summed E-state index contributed by atoms with van der Waals surface area (Å²) in [6.45, 7) is 2.28. The molecule has 6 atom stereocenters. The number of carboxylic acid groups (broad SMARTS) is 1. The van der Waals surface area contributed by atoms with E-state index in [4.69, 9.17) is 0 Å². The molecule has 3 heteroatoms. The van der Waals surface area contributed by atoms with E-state index in [2.05, 4.69) is 12.2 Å². The van der Waals surface area contributed by atoms with E-state index < -0.39 is 5.97 Å². The van der Waals surface area contributed by atoms with Gasteiger partial charge in [-0.05, 0) is 49.9 Å². The van der Waals surface area contributed by atoms with Crippen LogP contribution in [0.1, 0.15) is 58.3 Å². The third-order valence-corrected chi connectivity index (χ3v) is 6.04. The molecule has 108 valence electrons. The van der Waals surface area contributed by atoms with Crippen LogP contribution in [0.25, 0.3) is 0 Å². The Balaban J connectivity index is 1.69. The SMILES string of the molecule is CCC1CCCCC1NC1C2CCC(C2)C1C(=O)O. The van der Waals surface area contributed by atoms with Crippen LogP contribution in [-0.4, -0.2) is 23.2 Å². The van der Waals surface area contributed by atoms with Crippen LogP contribution in [0.15, 0.2) is 0 Å². The van der Waals surface area contributed by atoms with Gasteiger partial charge < -0.3 is 10.4 Å². The predicted molar refractivity (Wildman–Crippen MR) is 74.9 cm³/mol. The highest BCUT2D eigenvalue weighted by atomic mass is 16.4. The summed E-state index contributed by atoms with van der Waals surface area (Å²) in [7, 11) is 0. The van der Waals surface area contributed by atoms with Crippen molar-refractivity contribution in [2.75, 3.05) is 0 Å². The molecule has 0 spiro atoms. The molecule has 0 saturated heterocycles. The van der Waals surface area contributed by atoms with Crippen molar-refractivity contribution in [3.8, 4) is 0 Å². The lowest BCUT2D eigenvalue weighted by molar-refractivity contribution is -0.144. The first-order valence-electron chi connectivity index (χ1n) is 8.19. The minimum absolute atomic E-state index is 0.113. The summed E-state index contributed by atoms with van der Waals surface area (Å²) in [4.78, 5) is 11.6. The maximum atomic E-state index is 11.6. The molecule has 3 fully saturated rings. The van der Waals surface area contributed by atoms with E-state index in [9.17, 15) is 9.90 Å². The van der Waals surface area contributed by atoms with Crippen molar-refractivity contribution in [3.63, 3.8) is 0 Å². The summed E-state index contributed by atoms with van der Waals surface area (Å²) < 4.78 is 0. The number of nitrogens with one attached hydrogen (secondary N) is 1. The topological polar surface area (TPSA) is 49.3 Å². The second-order valence-electron chi connectivity index (χ2n) is 6.95. The molecule has 0 amide bonds. The fourth-order valence-electron chi connectivity index (χ4n) is 5.05. The fourth-order valence-corrected chi connectivity index (χ4v) is 5.05. The van der Waals surface area contributed by atoms with Crippen molar-refractivity contribution in [2.24, 2.45) is 23.7 Å². The van der Waals surface area contributed by atoms with Crippen LogP contribution in [0.4, 0.5) is 0 Å². The molecule has 0 aromatic carbocycles. The van der Waals surface area contributed by atoms with Crippen LogP contribution in [0.2, 0.25) is 0 Å². The Labute approximate surface area is 116 Å². The third-order valence-electron chi connectivity index (χ3n) is 6.04. The van der Waals surface area contributed by atoms with Gasteiger partial charge in [0, 0.05) is 12.1 Å². The van der Waals surface area contributed by atoms with Crippen molar-refractivity contribution in [3.05, 3.63) is 0 Å². The number of carbonyl (C=O) groups is 1. The first-order valence-corrected chi connectivity index (χ1v) is 8.19. The van der Waals surface area contributed by atoms with E-state index in [1.165, 1.54) is 38.5 Å². The highest BCUT2D eigenvalue weighted by molar-refractivity contribution is 5.72. The van der Waals surface area contributed by atoms with E-state index in [1.54, 1.807) is 0 Å². The summed E-state index contributed by atoms with van der Waals surface area (Å²) in [5.74, 6) is 1.17. The van der Waals surface area contributed by atoms with Gasteiger partial charge >= 0.3 is 5.97 Å². The summed E-state index contributed by atoms with van der Waals surface area (Å²) in [5.41, 5.74) is 0. The summed E-state index contributed by atoms with van der Waals surface area (Å²) in [5, 5.41) is 13.3. The zero-order chi connectivity index (χ0) is 13.4. The Morgan fingerprint density at radius 2 is 1.89 bits per heavy atom. The highest BCUT2D eigenvalue weighted by Crippen LogP contribution is 2.49. The molecule has 6 unspecified atom stereocenters. The molecule has 2 bridgehead atoms. The first-order chi connectivity index (χ1) is 9.20. The molecule has 3 aliphatic carbocycles. The van der Waals surface area contributed by atoms with Crippen molar-refractivity contribution in [1.82, 2.24) is 5.32 Å². The minimum Gasteiger partial charge on any atom is -0.481 e. The molecule has 0 heterocycles. The van der Waals surface area contributed by atoms with Gasteiger partial charge in [-0.2, -0.15) is 0 Å². The molecule has 2 N–H and O–H groups in total. The Hall–Kier alpha value is -0.570. The maximum Gasteiger partial charge on any atom is 0.308 e. The first kappa shape index (κ1) is 13.4. The minimum atomic E-state index is -0.562. The Kier molecular flexibility index (Phi) is 3.84. The fraction of sp³-hybridized carbons (Fsp3) is 0.938. The average molecular weight is 265 g/mol. The largest absolute Gasteiger partial charge is 0.481 e. The van der Waals surface area contributed by atoms with Gasteiger partial charge in [0.25, 0.3) is 0 Å². The number of fused-ring (bicyclic) bond motifs is 2. The van der Waals surface area contributed by atoms with Crippen LogP contribution in [0, 0.1) is 23.7 Å². The summed E-state index contributed by atoms with van der Waals surface area (Å²) in [6, 6.07) is 0.832. The van der Waals surface area contributed by atoms with E-state index in [0.29, 0.717) is 17.9 Å². The molecular formula is C16H27NO2. The zero-order valence-corrected chi connectivity index (χ0v) is 12.0. The number of carboxylic acids is 1. The second kappa shape index (κ2) is 5.43. The van der Waals surface area contributed by atoms with E-state index in [0.717, 1.165) is 18.8 Å². The smallest absolute Gasteiger partial charge is 0.308 e. The van der Waals surface area contributed by atoms with Gasteiger partial charge in [0.15, 0.2) is 0 Å². The lowest BCUT2D eigenvalue weighted by Gasteiger charge is -2.38. The number of aliphatic carboxylic acids is 1. The second-order valence-corrected chi connectivity index (χ2v) is 6.95. The van der Waals surface area contributed by atoms with Crippen LogP contribution in [-0.2, 0) is 4.79 Å². The van der Waals surface area contributed by atoms with Crippen LogP contribution >= 0.6 is 0 Å². The van der Waals surface area contributed by atoms with Gasteiger partial charge in [-0.15, -0.1) is 0 Å². The molecule has 0 aromatic rings. The number of hydrogen-bond acceptors (Lipinski definition) is 2. The number of rotatable bonds is 4. The maximum absolute atomic E-state index is 11.6. The Bertz CT molecular complexity index is 344. The number of hydrogen-bond donors (Lipinski definition) is 2. The molecule has 3 aliphatic rings. The van der Waals surface area contributed by atoms with Gasteiger partial charge in [0.1, 0.15) is 0 Å². The van der Waals surface area contributed by atoms with Gasteiger partial charge in [-0.1, -0.05) is 26.2 Å². The van der Waals surface area contributed by atoms with Gasteiger partial charge in [-0.25, -0.2) is 0 Å². The van der Waals surface area contributed by atoms with E-state index in [-0.39, 0.29) is 12.0 Å². The average Bonchev–Trinajstić information content (AvgIpc) is 3.00. The Morgan fingerprint density at radius 1 is 1.16 bits per heavy atom. The van der Waals surface area contributed by atoms with Gasteiger partial charge in [0.2, 0.25) is 0 Å². The van der Waals surface area contributed by atoms with Crippen LogP contribution < -0.4 is 5.32 Å². The predicted octanol–water partition coefficient (Wildman–Crippen LogP) is 3.04. The summed E-state index contributed by atoms with van der Waals surface area (Å²) in [6.07, 6.45) is 10.0. The molecule has 3 rings (SSSR count). The van der Waals surface area contributed by atoms with Crippen molar-refractivity contribution in [2.45, 2.75) is 70.4 Å². The molecule has 0 aliphatic heterocycles. The molecule has 3 saturated carbocycles. The zero-order valence-electron chi connectivity index (χ0n) is 12.0.